The van der Waals surface area contributed by atoms with Crippen molar-refractivity contribution in [2.45, 2.75) is 6.54 Å². The average Bonchev–Trinajstić information content (AvgIpc) is 2.70. The first kappa shape index (κ1) is 14.8. The van der Waals surface area contributed by atoms with Crippen molar-refractivity contribution in [1.29, 1.82) is 0 Å². The van der Waals surface area contributed by atoms with Crippen molar-refractivity contribution in [3.05, 3.63) is 61.5 Å². The van der Waals surface area contributed by atoms with Crippen molar-refractivity contribution < 1.29 is 0 Å². The van der Waals surface area contributed by atoms with Gasteiger partial charge in [0, 0.05) is 17.6 Å². The van der Waals surface area contributed by atoms with Gasteiger partial charge >= 0.3 is 0 Å². The zero-order chi connectivity index (χ0) is 13.8. The molecule has 6 heteroatoms. The number of hydrogen-bond acceptors (Lipinski definition) is 4. The molecule has 0 saturated heterocycles. The van der Waals surface area contributed by atoms with Crippen molar-refractivity contribution >= 4 is 53.2 Å². The predicted molar refractivity (Wildman–Crippen MR) is 88.9 cm³/mol. The first-order valence-electron chi connectivity index (χ1n) is 5.50. The second-order valence-corrected chi connectivity index (χ2v) is 7.26. The molecule has 1 heterocycles. The van der Waals surface area contributed by atoms with Crippen LogP contribution in [-0.4, -0.2) is 6.54 Å². The fourth-order valence-electron chi connectivity index (χ4n) is 1.66. The number of anilines is 1. The van der Waals surface area contributed by atoms with Crippen molar-refractivity contribution in [2.75, 3.05) is 11.4 Å². The standard InChI is InChI=1S/C13H11BrClNOS2/c1-2-6-16(12-11(15)13(17)19-18-12)8-9-4-3-5-10(14)7-9/h2-5,7H,1,6,8H2. The van der Waals surface area contributed by atoms with Crippen LogP contribution in [0.25, 0.3) is 0 Å². The monoisotopic (exact) mass is 375 g/mol. The summed E-state index contributed by atoms with van der Waals surface area (Å²) in [4.78, 5) is 13.5. The summed E-state index contributed by atoms with van der Waals surface area (Å²) in [5, 5.41) is 1.13. The van der Waals surface area contributed by atoms with Gasteiger partial charge in [-0.1, -0.05) is 56.1 Å². The van der Waals surface area contributed by atoms with Gasteiger partial charge in [-0.2, -0.15) is 0 Å². The summed E-state index contributed by atoms with van der Waals surface area (Å²) in [5.41, 5.74) is 1.15. The first-order valence-corrected chi connectivity index (χ1v) is 8.83. The maximum absolute atomic E-state index is 11.5. The fraction of sp³-hybridized carbons (Fsp3) is 0.154. The van der Waals surface area contributed by atoms with E-state index < -0.39 is 0 Å². The second-order valence-electron chi connectivity index (χ2n) is 3.87. The Morgan fingerprint density at radius 1 is 1.42 bits per heavy atom. The summed E-state index contributed by atoms with van der Waals surface area (Å²) in [7, 11) is 2.58. The van der Waals surface area contributed by atoms with E-state index >= 15 is 0 Å². The number of rotatable bonds is 5. The molecule has 0 amide bonds. The molecule has 0 radical (unpaired) electrons. The van der Waals surface area contributed by atoms with Crippen LogP contribution in [0.3, 0.4) is 0 Å². The van der Waals surface area contributed by atoms with Gasteiger partial charge in [0.15, 0.2) is 0 Å². The van der Waals surface area contributed by atoms with E-state index in [1.807, 2.05) is 24.3 Å². The van der Waals surface area contributed by atoms with E-state index in [1.54, 1.807) is 0 Å². The minimum Gasteiger partial charge on any atom is -0.353 e. The maximum Gasteiger partial charge on any atom is 0.263 e. The topological polar surface area (TPSA) is 20.3 Å². The molecule has 0 aliphatic carbocycles. The van der Waals surface area contributed by atoms with Gasteiger partial charge in [0.25, 0.3) is 4.74 Å². The molecule has 0 aliphatic heterocycles. The van der Waals surface area contributed by atoms with Gasteiger partial charge in [-0.05, 0) is 28.0 Å². The molecule has 0 bridgehead atoms. The molecule has 100 valence electrons. The number of hydrogen-bond donors (Lipinski definition) is 0. The molecule has 0 saturated carbocycles. The Balaban J connectivity index is 2.28. The Bertz CT molecular complexity index is 638. The normalized spacial score (nSPS) is 10.4. The lowest BCUT2D eigenvalue weighted by atomic mass is 10.2. The molecule has 2 aromatic rings. The van der Waals surface area contributed by atoms with Crippen LogP contribution < -0.4 is 9.64 Å². The van der Waals surface area contributed by atoms with Crippen molar-refractivity contribution in [3.63, 3.8) is 0 Å². The summed E-state index contributed by atoms with van der Waals surface area (Å²) < 4.78 is 0.957. The van der Waals surface area contributed by atoms with Crippen molar-refractivity contribution in [1.82, 2.24) is 0 Å². The Kier molecular flexibility index (Phi) is 5.21. The van der Waals surface area contributed by atoms with Crippen LogP contribution >= 0.6 is 48.2 Å². The highest BCUT2D eigenvalue weighted by Gasteiger charge is 2.15. The first-order chi connectivity index (χ1) is 9.11. The lowest BCUT2D eigenvalue weighted by Crippen LogP contribution is -2.22. The van der Waals surface area contributed by atoms with E-state index in [4.69, 9.17) is 11.6 Å². The molecule has 19 heavy (non-hydrogen) atoms. The number of halogens is 2. The summed E-state index contributed by atoms with van der Waals surface area (Å²) in [6.07, 6.45) is 1.81. The molecule has 0 unspecified atom stereocenters. The molecule has 0 spiro atoms. The molecular formula is C13H11BrClNOS2. The number of benzene rings is 1. The smallest absolute Gasteiger partial charge is 0.263 e. The Labute approximate surface area is 132 Å². The lowest BCUT2D eigenvalue weighted by Gasteiger charge is -2.21. The Morgan fingerprint density at radius 3 is 2.79 bits per heavy atom. The number of nitrogens with zero attached hydrogens (tertiary/aromatic N) is 1. The van der Waals surface area contributed by atoms with Crippen LogP contribution in [0.5, 0.6) is 0 Å². The molecule has 0 aliphatic rings. The third kappa shape index (κ3) is 3.69. The van der Waals surface area contributed by atoms with Gasteiger partial charge < -0.3 is 4.90 Å². The second kappa shape index (κ2) is 6.70. The molecule has 2 nitrogen and oxygen atoms in total. The predicted octanol–water partition coefficient (Wildman–Crippen LogP) is 4.78. The van der Waals surface area contributed by atoms with E-state index in [2.05, 4.69) is 33.5 Å². The van der Waals surface area contributed by atoms with E-state index in [1.165, 1.54) is 20.7 Å². The maximum atomic E-state index is 11.5. The molecule has 0 fully saturated rings. The minimum atomic E-state index is -0.0787. The largest absolute Gasteiger partial charge is 0.353 e. The van der Waals surface area contributed by atoms with Gasteiger partial charge in [-0.15, -0.1) is 6.58 Å². The van der Waals surface area contributed by atoms with E-state index in [0.29, 0.717) is 18.1 Å². The lowest BCUT2D eigenvalue weighted by molar-refractivity contribution is 0.877. The van der Waals surface area contributed by atoms with Crippen LogP contribution in [0, 0.1) is 0 Å². The van der Waals surface area contributed by atoms with Crippen LogP contribution in [-0.2, 0) is 6.54 Å². The summed E-state index contributed by atoms with van der Waals surface area (Å²) in [5.74, 6) is 0. The average molecular weight is 377 g/mol. The van der Waals surface area contributed by atoms with E-state index in [0.717, 1.165) is 15.0 Å². The molecule has 2 rings (SSSR count). The van der Waals surface area contributed by atoms with Crippen LogP contribution in [0.1, 0.15) is 5.56 Å². The van der Waals surface area contributed by atoms with Gasteiger partial charge in [-0.3, -0.25) is 4.79 Å². The Morgan fingerprint density at radius 2 is 2.21 bits per heavy atom. The van der Waals surface area contributed by atoms with Crippen molar-refractivity contribution in [2.24, 2.45) is 0 Å². The molecular weight excluding hydrogens is 366 g/mol. The highest BCUT2D eigenvalue weighted by atomic mass is 79.9. The minimum absolute atomic E-state index is 0.0787. The third-order valence-corrected chi connectivity index (χ3v) is 5.77. The van der Waals surface area contributed by atoms with Gasteiger partial charge in [0.2, 0.25) is 0 Å². The summed E-state index contributed by atoms with van der Waals surface area (Å²) in [6, 6.07) is 8.07. The SMILES string of the molecule is C=CCN(Cc1cccc(Br)c1)c1ssc(=O)c1Cl. The Hall–Kier alpha value is -0.620. The highest BCUT2D eigenvalue weighted by molar-refractivity contribution is 9.10. The fourth-order valence-corrected chi connectivity index (χ4v) is 4.81. The van der Waals surface area contributed by atoms with E-state index in [-0.39, 0.29) is 4.74 Å². The van der Waals surface area contributed by atoms with Crippen LogP contribution in [0.4, 0.5) is 5.00 Å². The molecule has 0 N–H and O–H groups in total. The zero-order valence-electron chi connectivity index (χ0n) is 9.94. The molecule has 0 atom stereocenters. The van der Waals surface area contributed by atoms with E-state index in [9.17, 15) is 4.79 Å². The molecule has 1 aromatic heterocycles. The quantitative estimate of drug-likeness (QED) is 0.553. The molecule has 1 aromatic carbocycles. The van der Waals surface area contributed by atoms with Gasteiger partial charge in [0.05, 0.1) is 0 Å². The highest BCUT2D eigenvalue weighted by Crippen LogP contribution is 2.32. The van der Waals surface area contributed by atoms with Gasteiger partial charge in [-0.25, -0.2) is 0 Å². The van der Waals surface area contributed by atoms with Crippen LogP contribution in [0.2, 0.25) is 5.02 Å². The van der Waals surface area contributed by atoms with Crippen LogP contribution in [0.15, 0.2) is 46.2 Å². The summed E-state index contributed by atoms with van der Waals surface area (Å²) >= 11 is 9.52. The third-order valence-electron chi connectivity index (χ3n) is 2.46. The summed E-state index contributed by atoms with van der Waals surface area (Å²) in [6.45, 7) is 5.10. The zero-order valence-corrected chi connectivity index (χ0v) is 13.9. The van der Waals surface area contributed by atoms with Crippen molar-refractivity contribution in [3.8, 4) is 0 Å². The van der Waals surface area contributed by atoms with Gasteiger partial charge in [0.1, 0.15) is 10.0 Å².